The van der Waals surface area contributed by atoms with Gasteiger partial charge in [0.05, 0.1) is 12.7 Å². The molecule has 0 radical (unpaired) electrons. The number of hydrogen-bond acceptors (Lipinski definition) is 4. The lowest BCUT2D eigenvalue weighted by atomic mass is 10.0. The number of aliphatic hydroxyl groups is 1. The number of hydrogen-bond donors (Lipinski definition) is 3. The zero-order chi connectivity index (χ0) is 19.5. The Labute approximate surface area is 188 Å². The molecule has 29 heavy (non-hydrogen) atoms. The summed E-state index contributed by atoms with van der Waals surface area (Å²) in [5, 5.41) is 13.7. The molecule has 0 amide bonds. The van der Waals surface area contributed by atoms with Crippen molar-refractivity contribution in [1.29, 1.82) is 0 Å². The van der Waals surface area contributed by atoms with Crippen LogP contribution in [0.25, 0.3) is 0 Å². The number of nitrogens with one attached hydrogen (secondary N) is 1. The normalized spacial score (nSPS) is 12.4. The molecule has 164 valence electrons. The third-order valence-electron chi connectivity index (χ3n) is 4.71. The number of aliphatic hydroxyl groups excluding tert-OH is 1. The molecule has 0 saturated carbocycles. The van der Waals surface area contributed by atoms with Gasteiger partial charge in [0.2, 0.25) is 0 Å². The predicted octanol–water partition coefficient (Wildman–Crippen LogP) is 4.29. The third-order valence-corrected chi connectivity index (χ3v) is 4.71. The van der Waals surface area contributed by atoms with Gasteiger partial charge in [-0.05, 0) is 48.1 Å². The molecular formula is C23H36Cl2N2O2. The van der Waals surface area contributed by atoms with Gasteiger partial charge in [0, 0.05) is 19.1 Å². The minimum Gasteiger partial charge on any atom is -0.494 e. The highest BCUT2D eigenvalue weighted by Crippen LogP contribution is 2.15. The smallest absolute Gasteiger partial charge is 0.119 e. The summed E-state index contributed by atoms with van der Waals surface area (Å²) in [6, 6.07) is 16.2. The van der Waals surface area contributed by atoms with Gasteiger partial charge in [-0.1, -0.05) is 56.7 Å². The van der Waals surface area contributed by atoms with Gasteiger partial charge in [0.25, 0.3) is 0 Å². The lowest BCUT2D eigenvalue weighted by Crippen LogP contribution is -2.43. The van der Waals surface area contributed by atoms with Gasteiger partial charge in [0.1, 0.15) is 5.75 Å². The Morgan fingerprint density at radius 1 is 1.00 bits per heavy atom. The van der Waals surface area contributed by atoms with Crippen molar-refractivity contribution in [2.45, 2.75) is 58.2 Å². The molecule has 0 unspecified atom stereocenters. The molecule has 0 bridgehead atoms. The van der Waals surface area contributed by atoms with E-state index in [1.807, 2.05) is 24.3 Å². The largest absolute Gasteiger partial charge is 0.494 e. The van der Waals surface area contributed by atoms with Crippen LogP contribution in [0.1, 0.15) is 43.4 Å². The van der Waals surface area contributed by atoms with Gasteiger partial charge in [-0.15, -0.1) is 24.8 Å². The number of unbranched alkanes of at least 4 members (excludes halogenated alkanes) is 1. The molecule has 0 saturated heterocycles. The quantitative estimate of drug-likeness (QED) is 0.428. The second kappa shape index (κ2) is 15.5. The van der Waals surface area contributed by atoms with Crippen molar-refractivity contribution in [1.82, 2.24) is 5.32 Å². The Hall–Kier alpha value is -1.30. The first-order valence-corrected chi connectivity index (χ1v) is 10.1. The van der Waals surface area contributed by atoms with Crippen LogP contribution in [0, 0.1) is 0 Å². The first-order valence-electron chi connectivity index (χ1n) is 10.1. The van der Waals surface area contributed by atoms with Gasteiger partial charge in [-0.2, -0.15) is 0 Å². The lowest BCUT2D eigenvalue weighted by molar-refractivity contribution is 0.141. The third kappa shape index (κ3) is 10.3. The fourth-order valence-corrected chi connectivity index (χ4v) is 2.98. The fourth-order valence-electron chi connectivity index (χ4n) is 2.98. The molecule has 0 aliphatic rings. The van der Waals surface area contributed by atoms with Crippen LogP contribution < -0.4 is 15.8 Å². The van der Waals surface area contributed by atoms with E-state index < -0.39 is 6.10 Å². The van der Waals surface area contributed by atoms with Gasteiger partial charge >= 0.3 is 0 Å². The average molecular weight is 443 g/mol. The van der Waals surface area contributed by atoms with Crippen LogP contribution in [-0.2, 0) is 19.4 Å². The molecule has 0 heterocycles. The van der Waals surface area contributed by atoms with Crippen LogP contribution in [0.5, 0.6) is 5.75 Å². The maximum Gasteiger partial charge on any atom is 0.119 e. The molecule has 2 aromatic rings. The van der Waals surface area contributed by atoms with E-state index >= 15 is 0 Å². The Morgan fingerprint density at radius 2 is 1.69 bits per heavy atom. The highest BCUT2D eigenvalue weighted by molar-refractivity contribution is 5.85. The standard InChI is InChI=1S/C23H34N2O2.2ClH/c1-3-5-12-27-21-11-7-9-19(14-21)15-22(24)23(26)17-25-16-20-10-6-8-18(4-2)13-20;;/h6-11,13-14,22-23,25-26H,3-5,12,15-17,24H2,1-2H3;2*1H/t22-,23+;;/m0../s1. The molecule has 6 heteroatoms. The van der Waals surface area contributed by atoms with E-state index in [-0.39, 0.29) is 30.9 Å². The van der Waals surface area contributed by atoms with Crippen molar-refractivity contribution in [3.05, 3.63) is 65.2 Å². The van der Waals surface area contributed by atoms with Crippen molar-refractivity contribution in [2.75, 3.05) is 13.2 Å². The van der Waals surface area contributed by atoms with Gasteiger partial charge in [0.15, 0.2) is 0 Å². The van der Waals surface area contributed by atoms with E-state index in [1.54, 1.807) is 0 Å². The summed E-state index contributed by atoms with van der Waals surface area (Å²) in [7, 11) is 0. The van der Waals surface area contributed by atoms with Gasteiger partial charge in [-0.25, -0.2) is 0 Å². The Morgan fingerprint density at radius 3 is 2.41 bits per heavy atom. The van der Waals surface area contributed by atoms with E-state index in [4.69, 9.17) is 10.5 Å². The number of nitrogens with two attached hydrogens (primary N) is 1. The molecule has 0 spiro atoms. The average Bonchev–Trinajstić information content (AvgIpc) is 2.68. The monoisotopic (exact) mass is 442 g/mol. The maximum atomic E-state index is 10.4. The zero-order valence-corrected chi connectivity index (χ0v) is 19.1. The second-order valence-corrected chi connectivity index (χ2v) is 7.09. The van der Waals surface area contributed by atoms with E-state index in [9.17, 15) is 5.11 Å². The van der Waals surface area contributed by atoms with E-state index in [1.165, 1.54) is 11.1 Å². The molecule has 2 aromatic carbocycles. The Bertz CT molecular complexity index is 685. The molecule has 0 aliphatic heterocycles. The molecule has 0 fully saturated rings. The molecule has 2 rings (SSSR count). The Kier molecular flexibility index (Phi) is 14.8. The fraction of sp³-hybridized carbons (Fsp3) is 0.478. The summed E-state index contributed by atoms with van der Waals surface area (Å²) >= 11 is 0. The van der Waals surface area contributed by atoms with Crippen molar-refractivity contribution in [3.8, 4) is 5.75 Å². The number of aryl methyl sites for hydroxylation is 1. The van der Waals surface area contributed by atoms with Gasteiger partial charge < -0.3 is 20.9 Å². The molecule has 2 atom stereocenters. The summed E-state index contributed by atoms with van der Waals surface area (Å²) in [5.74, 6) is 0.872. The second-order valence-electron chi connectivity index (χ2n) is 7.09. The van der Waals surface area contributed by atoms with Crippen LogP contribution >= 0.6 is 24.8 Å². The van der Waals surface area contributed by atoms with Crippen molar-refractivity contribution in [3.63, 3.8) is 0 Å². The first-order chi connectivity index (χ1) is 13.1. The lowest BCUT2D eigenvalue weighted by Gasteiger charge is -2.20. The number of ether oxygens (including phenoxy) is 1. The summed E-state index contributed by atoms with van der Waals surface area (Å²) in [4.78, 5) is 0. The predicted molar refractivity (Wildman–Crippen MR) is 127 cm³/mol. The topological polar surface area (TPSA) is 67.5 Å². The van der Waals surface area contributed by atoms with E-state index in [0.29, 0.717) is 13.0 Å². The molecule has 4 N–H and O–H groups in total. The van der Waals surface area contributed by atoms with Crippen LogP contribution in [0.4, 0.5) is 0 Å². The maximum absolute atomic E-state index is 10.4. The Balaban J connectivity index is 0.00000392. The molecule has 4 nitrogen and oxygen atoms in total. The van der Waals surface area contributed by atoms with Gasteiger partial charge in [-0.3, -0.25) is 0 Å². The first kappa shape index (κ1) is 27.7. The summed E-state index contributed by atoms with van der Waals surface area (Å²) in [6.07, 6.45) is 3.23. The molecular weight excluding hydrogens is 407 g/mol. The van der Waals surface area contributed by atoms with Crippen LogP contribution in [0.3, 0.4) is 0 Å². The molecule has 0 aliphatic carbocycles. The number of halogens is 2. The summed E-state index contributed by atoms with van der Waals surface area (Å²) < 4.78 is 5.75. The van der Waals surface area contributed by atoms with Crippen molar-refractivity contribution in [2.24, 2.45) is 5.73 Å². The minimum absolute atomic E-state index is 0. The van der Waals surface area contributed by atoms with Crippen LogP contribution in [-0.4, -0.2) is 30.4 Å². The number of rotatable bonds is 12. The highest BCUT2D eigenvalue weighted by atomic mass is 35.5. The van der Waals surface area contributed by atoms with Crippen molar-refractivity contribution >= 4 is 24.8 Å². The SMILES string of the molecule is CCCCOc1cccc(C[C@H](N)[C@H](O)CNCc2cccc(CC)c2)c1.Cl.Cl. The highest BCUT2D eigenvalue weighted by Gasteiger charge is 2.15. The van der Waals surface area contributed by atoms with Crippen LogP contribution in [0.15, 0.2) is 48.5 Å². The van der Waals surface area contributed by atoms with Crippen LogP contribution in [0.2, 0.25) is 0 Å². The van der Waals surface area contributed by atoms with E-state index in [2.05, 4.69) is 43.4 Å². The summed E-state index contributed by atoms with van der Waals surface area (Å²) in [5.41, 5.74) is 9.86. The number of benzene rings is 2. The van der Waals surface area contributed by atoms with E-state index in [0.717, 1.165) is 43.7 Å². The van der Waals surface area contributed by atoms with Crippen molar-refractivity contribution < 1.29 is 9.84 Å². The molecule has 0 aromatic heterocycles. The minimum atomic E-state index is -0.593. The zero-order valence-electron chi connectivity index (χ0n) is 17.5. The summed E-state index contributed by atoms with van der Waals surface area (Å²) in [6.45, 7) is 6.24.